The molecule has 6 heteroatoms. The number of hydrogen-bond acceptors (Lipinski definition) is 4. The van der Waals surface area contributed by atoms with Crippen LogP contribution in [0.15, 0.2) is 24.4 Å². The average molecular weight is 289 g/mol. The highest BCUT2D eigenvalue weighted by molar-refractivity contribution is 8.13. The predicted octanol–water partition coefficient (Wildman–Crippen LogP) is 2.20. The van der Waals surface area contributed by atoms with E-state index in [0.717, 1.165) is 16.6 Å². The topological polar surface area (TPSA) is 66.1 Å². The van der Waals surface area contributed by atoms with Gasteiger partial charge in [0.2, 0.25) is 5.91 Å². The Morgan fingerprint density at radius 1 is 1.55 bits per heavy atom. The summed E-state index contributed by atoms with van der Waals surface area (Å²) in [4.78, 5) is 25.0. The van der Waals surface area contributed by atoms with Crippen LogP contribution in [0.25, 0.3) is 10.9 Å². The molecule has 1 aromatic carbocycles. The minimum Gasteiger partial charge on any atom is -0.311 e. The van der Waals surface area contributed by atoms with E-state index >= 15 is 0 Å². The number of amides is 1. The molecule has 3 rings (SSSR count). The number of rotatable bonds is 3. The van der Waals surface area contributed by atoms with E-state index in [1.807, 2.05) is 23.1 Å². The summed E-state index contributed by atoms with van der Waals surface area (Å²) in [6, 6.07) is 5.80. The number of nitrogens with one attached hydrogen (secondary N) is 1. The van der Waals surface area contributed by atoms with Crippen molar-refractivity contribution in [1.29, 1.82) is 0 Å². The van der Waals surface area contributed by atoms with Gasteiger partial charge in [-0.05, 0) is 18.1 Å². The molecule has 1 fully saturated rings. The lowest BCUT2D eigenvalue weighted by molar-refractivity contribution is -0.117. The van der Waals surface area contributed by atoms with Crippen molar-refractivity contribution in [3.8, 4) is 0 Å². The first kappa shape index (κ1) is 13.2. The van der Waals surface area contributed by atoms with Gasteiger partial charge >= 0.3 is 0 Å². The standard InChI is InChI=1S/C14H15N3O2S/c1-9(18)20-8-10-5-14(19)17(7-10)13-4-2-3-12-11(13)6-15-16-12/h2-4,6,10H,5,7-8H2,1H3,(H,15,16). The van der Waals surface area contributed by atoms with Gasteiger partial charge in [0.15, 0.2) is 5.12 Å². The number of anilines is 1. The smallest absolute Gasteiger partial charge is 0.227 e. The third-order valence-corrected chi connectivity index (χ3v) is 4.52. The van der Waals surface area contributed by atoms with Crippen LogP contribution < -0.4 is 4.90 Å². The van der Waals surface area contributed by atoms with Crippen molar-refractivity contribution in [2.75, 3.05) is 17.2 Å². The fourth-order valence-corrected chi connectivity index (χ4v) is 3.24. The van der Waals surface area contributed by atoms with Crippen molar-refractivity contribution in [2.24, 2.45) is 5.92 Å². The van der Waals surface area contributed by atoms with Crippen molar-refractivity contribution in [1.82, 2.24) is 10.2 Å². The Bertz CT molecular complexity index is 667. The van der Waals surface area contributed by atoms with E-state index in [9.17, 15) is 9.59 Å². The highest BCUT2D eigenvalue weighted by atomic mass is 32.2. The first-order valence-electron chi connectivity index (χ1n) is 6.51. The van der Waals surface area contributed by atoms with Gasteiger partial charge in [-0.1, -0.05) is 17.8 Å². The second kappa shape index (κ2) is 5.28. The maximum absolute atomic E-state index is 12.2. The largest absolute Gasteiger partial charge is 0.311 e. The molecule has 2 aromatic rings. The molecular weight excluding hydrogens is 274 g/mol. The predicted molar refractivity (Wildman–Crippen MR) is 79.7 cm³/mol. The van der Waals surface area contributed by atoms with Gasteiger partial charge in [0.05, 0.1) is 17.4 Å². The van der Waals surface area contributed by atoms with Gasteiger partial charge < -0.3 is 4.90 Å². The minimum absolute atomic E-state index is 0.104. The molecule has 1 aromatic heterocycles. The van der Waals surface area contributed by atoms with Crippen LogP contribution in [0.2, 0.25) is 0 Å². The molecule has 0 radical (unpaired) electrons. The summed E-state index contributed by atoms with van der Waals surface area (Å²) in [6.45, 7) is 2.23. The summed E-state index contributed by atoms with van der Waals surface area (Å²) in [5, 5.41) is 8.00. The molecule has 0 aliphatic carbocycles. The van der Waals surface area contributed by atoms with Gasteiger partial charge in [0, 0.05) is 31.0 Å². The molecule has 1 aliphatic heterocycles. The van der Waals surface area contributed by atoms with Crippen molar-refractivity contribution in [2.45, 2.75) is 13.3 Å². The number of carbonyl (C=O) groups is 2. The molecular formula is C14H15N3O2S. The second-order valence-electron chi connectivity index (χ2n) is 4.99. The van der Waals surface area contributed by atoms with E-state index in [-0.39, 0.29) is 16.9 Å². The molecule has 104 valence electrons. The Kier molecular flexibility index (Phi) is 3.48. The lowest BCUT2D eigenvalue weighted by Gasteiger charge is -2.17. The van der Waals surface area contributed by atoms with E-state index in [1.165, 1.54) is 11.8 Å². The first-order chi connectivity index (χ1) is 9.65. The summed E-state index contributed by atoms with van der Waals surface area (Å²) in [6.07, 6.45) is 2.25. The monoisotopic (exact) mass is 289 g/mol. The third-order valence-electron chi connectivity index (χ3n) is 3.48. The van der Waals surface area contributed by atoms with Crippen molar-refractivity contribution < 1.29 is 9.59 Å². The van der Waals surface area contributed by atoms with Gasteiger partial charge in [0.25, 0.3) is 0 Å². The Morgan fingerprint density at radius 2 is 2.40 bits per heavy atom. The number of thioether (sulfide) groups is 1. The number of aromatic amines is 1. The molecule has 0 spiro atoms. The number of aromatic nitrogens is 2. The highest BCUT2D eigenvalue weighted by Crippen LogP contribution is 2.31. The molecule has 1 atom stereocenters. The Labute approximate surface area is 120 Å². The molecule has 5 nitrogen and oxygen atoms in total. The molecule has 2 heterocycles. The Hall–Kier alpha value is -1.82. The zero-order chi connectivity index (χ0) is 14.1. The number of fused-ring (bicyclic) bond motifs is 1. The van der Waals surface area contributed by atoms with Gasteiger partial charge in [-0.25, -0.2) is 0 Å². The number of nitrogens with zero attached hydrogens (tertiary/aromatic N) is 2. The molecule has 1 aliphatic rings. The quantitative estimate of drug-likeness (QED) is 0.940. The van der Waals surface area contributed by atoms with Crippen LogP contribution in [0, 0.1) is 5.92 Å². The Balaban J connectivity index is 1.82. The summed E-state index contributed by atoms with van der Waals surface area (Å²) in [5.74, 6) is 1.06. The summed E-state index contributed by atoms with van der Waals surface area (Å²) in [7, 11) is 0. The van der Waals surface area contributed by atoms with E-state index in [0.29, 0.717) is 18.7 Å². The van der Waals surface area contributed by atoms with Crippen LogP contribution in [0.5, 0.6) is 0 Å². The molecule has 1 saturated heterocycles. The maximum atomic E-state index is 12.2. The SMILES string of the molecule is CC(=O)SCC1CC(=O)N(c2cccc3[nH]ncc23)C1. The van der Waals surface area contributed by atoms with Crippen LogP contribution in [-0.2, 0) is 9.59 Å². The van der Waals surface area contributed by atoms with Gasteiger partial charge in [-0.2, -0.15) is 5.10 Å². The number of hydrogen-bond donors (Lipinski definition) is 1. The zero-order valence-electron chi connectivity index (χ0n) is 11.1. The molecule has 1 amide bonds. The van der Waals surface area contributed by atoms with Crippen molar-refractivity contribution >= 4 is 39.4 Å². The number of H-pyrrole nitrogens is 1. The van der Waals surface area contributed by atoms with E-state index in [4.69, 9.17) is 0 Å². The number of carbonyl (C=O) groups excluding carboxylic acids is 2. The van der Waals surface area contributed by atoms with Crippen LogP contribution in [-0.4, -0.2) is 33.5 Å². The third kappa shape index (κ3) is 2.43. The maximum Gasteiger partial charge on any atom is 0.227 e. The highest BCUT2D eigenvalue weighted by Gasteiger charge is 2.31. The van der Waals surface area contributed by atoms with Crippen LogP contribution in [0.4, 0.5) is 5.69 Å². The van der Waals surface area contributed by atoms with Crippen molar-refractivity contribution in [3.05, 3.63) is 24.4 Å². The van der Waals surface area contributed by atoms with E-state index in [2.05, 4.69) is 10.2 Å². The lowest BCUT2D eigenvalue weighted by Crippen LogP contribution is -2.24. The first-order valence-corrected chi connectivity index (χ1v) is 7.49. The summed E-state index contributed by atoms with van der Waals surface area (Å²) < 4.78 is 0. The normalized spacial score (nSPS) is 18.9. The molecule has 1 unspecified atom stereocenters. The molecule has 20 heavy (non-hydrogen) atoms. The van der Waals surface area contributed by atoms with Gasteiger partial charge in [0.1, 0.15) is 0 Å². The molecule has 0 bridgehead atoms. The lowest BCUT2D eigenvalue weighted by atomic mass is 10.1. The van der Waals surface area contributed by atoms with Gasteiger partial charge in [-0.15, -0.1) is 0 Å². The minimum atomic E-state index is 0.104. The van der Waals surface area contributed by atoms with E-state index < -0.39 is 0 Å². The molecule has 0 saturated carbocycles. The molecule has 1 N–H and O–H groups in total. The van der Waals surface area contributed by atoms with E-state index in [1.54, 1.807) is 13.1 Å². The summed E-state index contributed by atoms with van der Waals surface area (Å²) in [5.41, 5.74) is 1.83. The van der Waals surface area contributed by atoms with Crippen LogP contribution in [0.3, 0.4) is 0 Å². The van der Waals surface area contributed by atoms with Gasteiger partial charge in [-0.3, -0.25) is 14.7 Å². The Morgan fingerprint density at radius 3 is 3.20 bits per heavy atom. The average Bonchev–Trinajstić information content (AvgIpc) is 3.02. The zero-order valence-corrected chi connectivity index (χ0v) is 11.9. The van der Waals surface area contributed by atoms with Crippen molar-refractivity contribution in [3.63, 3.8) is 0 Å². The van der Waals surface area contributed by atoms with Crippen LogP contribution >= 0.6 is 11.8 Å². The number of benzene rings is 1. The van der Waals surface area contributed by atoms with Crippen LogP contribution in [0.1, 0.15) is 13.3 Å². The fraction of sp³-hybridized carbons (Fsp3) is 0.357. The summed E-state index contributed by atoms with van der Waals surface area (Å²) >= 11 is 1.30. The second-order valence-corrected chi connectivity index (χ2v) is 6.18. The fourth-order valence-electron chi connectivity index (χ4n) is 2.55.